The fourth-order valence-corrected chi connectivity index (χ4v) is 5.16. The van der Waals surface area contributed by atoms with E-state index in [1.165, 1.54) is 16.0 Å². The van der Waals surface area contributed by atoms with Crippen LogP contribution in [0, 0.1) is 23.0 Å². The molecule has 3 N–H and O–H groups in total. The molecule has 0 saturated heterocycles. The fourth-order valence-electron chi connectivity index (χ4n) is 3.52. The molecule has 1 aliphatic carbocycles. The van der Waals surface area contributed by atoms with Crippen LogP contribution in [0.4, 0.5) is 10.8 Å². The van der Waals surface area contributed by atoms with Crippen molar-refractivity contribution in [2.24, 2.45) is 11.7 Å². The molecule has 1 aliphatic rings. The van der Waals surface area contributed by atoms with Gasteiger partial charge >= 0.3 is 5.82 Å². The summed E-state index contributed by atoms with van der Waals surface area (Å²) in [5, 5.41) is 18.1. The molecule has 11 heteroatoms. The van der Waals surface area contributed by atoms with Gasteiger partial charge in [-0.15, -0.1) is 11.3 Å². The summed E-state index contributed by atoms with van der Waals surface area (Å²) in [5.74, 6) is -0.622. The van der Waals surface area contributed by atoms with E-state index in [0.29, 0.717) is 35.1 Å². The minimum Gasteiger partial charge on any atom is -0.365 e. The Hall–Kier alpha value is -2.46. The van der Waals surface area contributed by atoms with Crippen LogP contribution in [-0.2, 0) is 24.2 Å². The number of aromatic nitrogens is 2. The number of thiophene rings is 1. The maximum Gasteiger partial charge on any atom is 0.408 e. The predicted molar refractivity (Wildman–Crippen MR) is 111 cm³/mol. The third kappa shape index (κ3) is 4.43. The van der Waals surface area contributed by atoms with Gasteiger partial charge in [-0.2, -0.15) is 4.68 Å². The number of halogens is 1. The molecule has 9 nitrogen and oxygen atoms in total. The van der Waals surface area contributed by atoms with Crippen LogP contribution in [0.1, 0.15) is 52.7 Å². The molecule has 2 aromatic heterocycles. The summed E-state index contributed by atoms with van der Waals surface area (Å²) in [4.78, 5) is 35.7. The number of amides is 2. The summed E-state index contributed by atoms with van der Waals surface area (Å²) in [6.45, 7) is 4.12. The second-order valence-corrected chi connectivity index (χ2v) is 8.76. The van der Waals surface area contributed by atoms with Crippen LogP contribution in [-0.4, -0.2) is 26.5 Å². The maximum absolute atomic E-state index is 12.4. The van der Waals surface area contributed by atoms with Gasteiger partial charge in [-0.25, -0.2) is 0 Å². The lowest BCUT2D eigenvalue weighted by Gasteiger charge is -2.18. The van der Waals surface area contributed by atoms with E-state index in [4.69, 9.17) is 17.3 Å². The molecule has 0 unspecified atom stereocenters. The van der Waals surface area contributed by atoms with Crippen LogP contribution >= 0.6 is 22.9 Å². The topological polar surface area (TPSA) is 133 Å². The summed E-state index contributed by atoms with van der Waals surface area (Å²) in [5.41, 5.74) is 7.44. The molecule has 0 aromatic carbocycles. The molecule has 2 amide bonds. The summed E-state index contributed by atoms with van der Waals surface area (Å²) < 4.78 is 1.42. The van der Waals surface area contributed by atoms with E-state index in [1.54, 1.807) is 6.92 Å². The first kappa shape index (κ1) is 21.3. The van der Waals surface area contributed by atoms with Crippen molar-refractivity contribution in [1.29, 1.82) is 0 Å². The first-order chi connectivity index (χ1) is 13.7. The van der Waals surface area contributed by atoms with Crippen LogP contribution in [0.3, 0.4) is 0 Å². The van der Waals surface area contributed by atoms with Crippen molar-refractivity contribution < 1.29 is 14.5 Å². The molecule has 0 aliphatic heterocycles. The van der Waals surface area contributed by atoms with Gasteiger partial charge in [-0.05, 0) is 49.0 Å². The van der Waals surface area contributed by atoms with Gasteiger partial charge in [-0.1, -0.05) is 18.5 Å². The number of nitrogens with two attached hydrogens (primary N) is 1. The highest BCUT2D eigenvalue weighted by atomic mass is 35.5. The Morgan fingerprint density at radius 3 is 2.83 bits per heavy atom. The van der Waals surface area contributed by atoms with Crippen LogP contribution in [0.5, 0.6) is 0 Å². The van der Waals surface area contributed by atoms with Gasteiger partial charge in [0.05, 0.1) is 22.9 Å². The third-order valence-corrected chi connectivity index (χ3v) is 6.69. The molecule has 0 fully saturated rings. The minimum absolute atomic E-state index is 0.00365. The highest BCUT2D eigenvalue weighted by molar-refractivity contribution is 7.17. The van der Waals surface area contributed by atoms with Crippen LogP contribution in [0.2, 0.25) is 5.02 Å². The van der Waals surface area contributed by atoms with E-state index in [9.17, 15) is 19.7 Å². The second kappa shape index (κ2) is 8.50. The molecule has 2 aromatic rings. The van der Waals surface area contributed by atoms with E-state index >= 15 is 0 Å². The Morgan fingerprint density at radius 2 is 2.21 bits per heavy atom. The van der Waals surface area contributed by atoms with Crippen LogP contribution in [0.25, 0.3) is 0 Å². The molecule has 0 spiro atoms. The standard InChI is InChI=1S/C18H22ClN5O4S/c1-9-5-6-11-12(8-9)29-18(14(11)16(20)26)21-13(25)4-3-7-23-10(2)15(19)17(22-23)24(27)28/h9H,3-8H2,1-2H3,(H2,20,26)(H,21,25)/t9-/m0/s1. The zero-order valence-electron chi connectivity index (χ0n) is 16.2. The molecule has 3 rings (SSSR count). The number of aryl methyl sites for hydroxylation is 1. The van der Waals surface area contributed by atoms with Gasteiger partial charge in [0.15, 0.2) is 5.02 Å². The molecule has 0 radical (unpaired) electrons. The average molecular weight is 440 g/mol. The Bertz CT molecular complexity index is 984. The number of nitrogens with zero attached hydrogens (tertiary/aromatic N) is 3. The summed E-state index contributed by atoms with van der Waals surface area (Å²) in [6.07, 6.45) is 3.25. The number of hydrogen-bond acceptors (Lipinski definition) is 6. The SMILES string of the molecule is Cc1c(Cl)c([N+](=O)[O-])nn1CCCC(=O)Nc1sc2c(c1C(N)=O)CC[C@H](C)C2. The molecular formula is C18H22ClN5O4S. The summed E-state index contributed by atoms with van der Waals surface area (Å²) in [6, 6.07) is 0. The number of nitrogens with one attached hydrogen (secondary N) is 1. The van der Waals surface area contributed by atoms with Crippen molar-refractivity contribution in [3.8, 4) is 0 Å². The van der Waals surface area contributed by atoms with E-state index in [-0.39, 0.29) is 17.4 Å². The number of hydrogen-bond donors (Lipinski definition) is 2. The van der Waals surface area contributed by atoms with Gasteiger partial charge in [0.2, 0.25) is 5.91 Å². The van der Waals surface area contributed by atoms with Crippen molar-refractivity contribution in [2.75, 3.05) is 5.32 Å². The Kier molecular flexibility index (Phi) is 6.23. The van der Waals surface area contributed by atoms with Gasteiger partial charge in [0, 0.05) is 11.3 Å². The van der Waals surface area contributed by atoms with Gasteiger partial charge < -0.3 is 21.2 Å². The first-order valence-electron chi connectivity index (χ1n) is 9.30. The first-order valence-corrected chi connectivity index (χ1v) is 10.5. The molecular weight excluding hydrogens is 418 g/mol. The van der Waals surface area contributed by atoms with Crippen LogP contribution < -0.4 is 11.1 Å². The number of anilines is 1. The molecule has 156 valence electrons. The third-order valence-electron chi connectivity index (χ3n) is 5.07. The van der Waals surface area contributed by atoms with E-state index in [1.807, 2.05) is 0 Å². The number of nitro groups is 1. The smallest absolute Gasteiger partial charge is 0.365 e. The minimum atomic E-state index is -0.636. The predicted octanol–water partition coefficient (Wildman–Crippen LogP) is 3.46. The van der Waals surface area contributed by atoms with Crippen molar-refractivity contribution in [1.82, 2.24) is 9.78 Å². The van der Waals surface area contributed by atoms with Crippen molar-refractivity contribution >= 4 is 45.6 Å². The highest BCUT2D eigenvalue weighted by Crippen LogP contribution is 2.39. The molecule has 0 bridgehead atoms. The monoisotopic (exact) mass is 439 g/mol. The van der Waals surface area contributed by atoms with Crippen molar-refractivity contribution in [3.63, 3.8) is 0 Å². The highest BCUT2D eigenvalue weighted by Gasteiger charge is 2.27. The fraction of sp³-hybridized carbons (Fsp3) is 0.500. The van der Waals surface area contributed by atoms with Crippen molar-refractivity contribution in [2.45, 2.75) is 52.5 Å². The molecule has 0 saturated carbocycles. The quantitative estimate of drug-likeness (QED) is 0.503. The van der Waals surface area contributed by atoms with Gasteiger partial charge in [0.1, 0.15) is 5.00 Å². The lowest BCUT2D eigenvalue weighted by Crippen LogP contribution is -2.19. The number of rotatable bonds is 7. The summed E-state index contributed by atoms with van der Waals surface area (Å²) in [7, 11) is 0. The van der Waals surface area contributed by atoms with E-state index in [0.717, 1.165) is 29.7 Å². The largest absolute Gasteiger partial charge is 0.408 e. The maximum atomic E-state index is 12.4. The van der Waals surface area contributed by atoms with Gasteiger partial charge in [-0.3, -0.25) is 9.59 Å². The second-order valence-electron chi connectivity index (χ2n) is 7.28. The molecule has 1 atom stereocenters. The Labute approximate surface area is 176 Å². The van der Waals surface area contributed by atoms with E-state index < -0.39 is 16.6 Å². The normalized spacial score (nSPS) is 15.8. The lowest BCUT2D eigenvalue weighted by molar-refractivity contribution is -0.389. The number of primary amides is 1. The van der Waals surface area contributed by atoms with E-state index in [2.05, 4.69) is 17.3 Å². The van der Waals surface area contributed by atoms with Crippen molar-refractivity contribution in [3.05, 3.63) is 36.8 Å². The zero-order valence-corrected chi connectivity index (χ0v) is 17.7. The lowest BCUT2D eigenvalue weighted by atomic mass is 9.88. The zero-order chi connectivity index (χ0) is 21.3. The Morgan fingerprint density at radius 1 is 1.48 bits per heavy atom. The number of fused-ring (bicyclic) bond motifs is 1. The Balaban J connectivity index is 1.64. The number of carbonyl (C=O) groups is 2. The molecule has 29 heavy (non-hydrogen) atoms. The number of carbonyl (C=O) groups excluding carboxylic acids is 2. The average Bonchev–Trinajstić information content (AvgIpc) is 3.13. The molecule has 2 heterocycles. The van der Waals surface area contributed by atoms with Crippen LogP contribution in [0.15, 0.2) is 0 Å². The van der Waals surface area contributed by atoms with Gasteiger partial charge in [0.25, 0.3) is 5.91 Å². The summed E-state index contributed by atoms with van der Waals surface area (Å²) >= 11 is 7.34.